The molecule has 0 fully saturated rings. The predicted octanol–water partition coefficient (Wildman–Crippen LogP) is 4.28. The number of pyridine rings is 1. The molecule has 0 atom stereocenters. The summed E-state index contributed by atoms with van der Waals surface area (Å²) in [6.07, 6.45) is 3.13. The summed E-state index contributed by atoms with van der Waals surface area (Å²) in [7, 11) is 1.34. The molecule has 6 nitrogen and oxygen atoms in total. The second-order valence-electron chi connectivity index (χ2n) is 6.01. The summed E-state index contributed by atoms with van der Waals surface area (Å²) in [5.74, 6) is -0.587. The Morgan fingerprint density at radius 2 is 1.75 bits per heavy atom. The second-order valence-corrected chi connectivity index (χ2v) is 6.01. The fraction of sp³-hybridized carbons (Fsp3) is 0.136. The molecule has 1 amide bonds. The molecule has 28 heavy (non-hydrogen) atoms. The van der Waals surface area contributed by atoms with Crippen LogP contribution in [0.4, 0.5) is 17.1 Å². The van der Waals surface area contributed by atoms with Gasteiger partial charge in [0.1, 0.15) is 0 Å². The van der Waals surface area contributed by atoms with E-state index < -0.39 is 5.97 Å². The van der Waals surface area contributed by atoms with Gasteiger partial charge in [0.25, 0.3) is 5.91 Å². The number of nitrogens with one attached hydrogen (secondary N) is 1. The average molecular weight is 375 g/mol. The van der Waals surface area contributed by atoms with Crippen LogP contribution in [0.5, 0.6) is 0 Å². The summed E-state index contributed by atoms with van der Waals surface area (Å²) in [6.45, 7) is 2.46. The van der Waals surface area contributed by atoms with Crippen LogP contribution < -0.4 is 10.2 Å². The lowest BCUT2D eigenvalue weighted by molar-refractivity contribution is 0.0601. The number of aromatic nitrogens is 1. The topological polar surface area (TPSA) is 71.5 Å². The molecule has 2 aromatic carbocycles. The minimum Gasteiger partial charge on any atom is -0.465 e. The van der Waals surface area contributed by atoms with Crippen molar-refractivity contribution in [3.05, 3.63) is 84.2 Å². The van der Waals surface area contributed by atoms with Crippen LogP contribution >= 0.6 is 0 Å². The quantitative estimate of drug-likeness (QED) is 0.651. The maximum atomic E-state index is 13.0. The number of ether oxygens (including phenoxy) is 1. The molecular formula is C22H21N3O3. The van der Waals surface area contributed by atoms with Crippen molar-refractivity contribution in [2.75, 3.05) is 23.9 Å². The number of carbonyl (C=O) groups is 2. The molecule has 0 saturated heterocycles. The van der Waals surface area contributed by atoms with E-state index in [1.54, 1.807) is 35.4 Å². The van der Waals surface area contributed by atoms with Gasteiger partial charge in [-0.05, 0) is 37.3 Å². The van der Waals surface area contributed by atoms with Crippen molar-refractivity contribution < 1.29 is 14.3 Å². The lowest BCUT2D eigenvalue weighted by atomic mass is 10.1. The van der Waals surface area contributed by atoms with E-state index in [1.165, 1.54) is 13.3 Å². The molecule has 0 bridgehead atoms. The molecule has 0 aliphatic heterocycles. The number of carbonyl (C=O) groups excluding carboxylic acids is 2. The van der Waals surface area contributed by atoms with E-state index in [1.807, 2.05) is 43.3 Å². The summed E-state index contributed by atoms with van der Waals surface area (Å²) in [4.78, 5) is 30.8. The number of para-hydroxylation sites is 2. The number of hydrogen-bond acceptors (Lipinski definition) is 5. The Bertz CT molecular complexity index is 974. The molecule has 1 N–H and O–H groups in total. The van der Waals surface area contributed by atoms with Crippen LogP contribution in [0.1, 0.15) is 27.6 Å². The van der Waals surface area contributed by atoms with Crippen LogP contribution in [0.2, 0.25) is 0 Å². The Hall–Kier alpha value is -3.67. The van der Waals surface area contributed by atoms with Gasteiger partial charge < -0.3 is 15.0 Å². The molecule has 0 radical (unpaired) electrons. The lowest BCUT2D eigenvalue weighted by Crippen LogP contribution is -2.30. The van der Waals surface area contributed by atoms with E-state index in [-0.39, 0.29) is 5.91 Å². The molecule has 1 heterocycles. The van der Waals surface area contributed by atoms with Crippen molar-refractivity contribution in [3.63, 3.8) is 0 Å². The number of benzene rings is 2. The van der Waals surface area contributed by atoms with Crippen LogP contribution in [0.15, 0.2) is 73.1 Å². The van der Waals surface area contributed by atoms with Gasteiger partial charge >= 0.3 is 5.97 Å². The van der Waals surface area contributed by atoms with Crippen LogP contribution in [-0.2, 0) is 4.74 Å². The smallest absolute Gasteiger partial charge is 0.339 e. The van der Waals surface area contributed by atoms with Gasteiger partial charge in [0, 0.05) is 18.4 Å². The van der Waals surface area contributed by atoms with Gasteiger partial charge in [-0.25, -0.2) is 4.79 Å². The van der Waals surface area contributed by atoms with E-state index in [4.69, 9.17) is 4.74 Å². The third kappa shape index (κ3) is 4.17. The van der Waals surface area contributed by atoms with Crippen molar-refractivity contribution in [1.29, 1.82) is 0 Å². The predicted molar refractivity (Wildman–Crippen MR) is 109 cm³/mol. The van der Waals surface area contributed by atoms with Crippen molar-refractivity contribution in [2.45, 2.75) is 6.92 Å². The number of rotatable bonds is 6. The van der Waals surface area contributed by atoms with E-state index in [0.29, 0.717) is 29.0 Å². The first-order chi connectivity index (χ1) is 13.6. The van der Waals surface area contributed by atoms with Crippen molar-refractivity contribution >= 4 is 28.9 Å². The molecule has 3 rings (SSSR count). The summed E-state index contributed by atoms with van der Waals surface area (Å²) in [6, 6.07) is 18.2. The highest BCUT2D eigenvalue weighted by Crippen LogP contribution is 2.23. The Morgan fingerprint density at radius 1 is 1.04 bits per heavy atom. The van der Waals surface area contributed by atoms with Gasteiger partial charge in [-0.3, -0.25) is 9.78 Å². The molecule has 6 heteroatoms. The van der Waals surface area contributed by atoms with Crippen LogP contribution in [0.3, 0.4) is 0 Å². The fourth-order valence-corrected chi connectivity index (χ4v) is 2.87. The van der Waals surface area contributed by atoms with Gasteiger partial charge in [-0.1, -0.05) is 30.3 Å². The van der Waals surface area contributed by atoms with Gasteiger partial charge in [0.05, 0.1) is 35.8 Å². The number of anilines is 3. The molecule has 0 unspecified atom stereocenters. The monoisotopic (exact) mass is 375 g/mol. The number of nitrogens with zero attached hydrogens (tertiary/aromatic N) is 2. The second kappa shape index (κ2) is 8.81. The zero-order valence-electron chi connectivity index (χ0n) is 15.8. The number of esters is 1. The Kier molecular flexibility index (Phi) is 6.01. The first kappa shape index (κ1) is 19.1. The number of amides is 1. The zero-order valence-corrected chi connectivity index (χ0v) is 15.8. The number of hydrogen-bond donors (Lipinski definition) is 1. The van der Waals surface area contributed by atoms with Crippen molar-refractivity contribution in [2.24, 2.45) is 0 Å². The minimum atomic E-state index is -0.440. The van der Waals surface area contributed by atoms with E-state index in [0.717, 1.165) is 5.69 Å². The molecule has 0 spiro atoms. The van der Waals surface area contributed by atoms with E-state index in [2.05, 4.69) is 10.3 Å². The highest BCUT2D eigenvalue weighted by Gasteiger charge is 2.17. The number of methoxy groups -OCH3 is 1. The SMILES string of the molecule is CCN(C(=O)c1cncc(Nc2ccccc2C(=O)OC)c1)c1ccccc1. The van der Waals surface area contributed by atoms with Crippen molar-refractivity contribution in [1.82, 2.24) is 4.98 Å². The van der Waals surface area contributed by atoms with Crippen LogP contribution in [-0.4, -0.2) is 30.5 Å². The lowest BCUT2D eigenvalue weighted by Gasteiger charge is -2.21. The standard InChI is InChI=1S/C22H21N3O3/c1-3-25(18-9-5-4-6-10-18)21(26)16-13-17(15-23-14-16)24-20-12-8-7-11-19(20)22(27)28-2/h4-15,24H,3H2,1-2H3. The molecule has 1 aromatic heterocycles. The van der Waals surface area contributed by atoms with Crippen molar-refractivity contribution in [3.8, 4) is 0 Å². The highest BCUT2D eigenvalue weighted by molar-refractivity contribution is 6.06. The Morgan fingerprint density at radius 3 is 2.46 bits per heavy atom. The van der Waals surface area contributed by atoms with Crippen LogP contribution in [0.25, 0.3) is 0 Å². The van der Waals surface area contributed by atoms with Crippen LogP contribution in [0, 0.1) is 0 Å². The summed E-state index contributed by atoms with van der Waals surface area (Å²) in [5, 5.41) is 3.15. The zero-order chi connectivity index (χ0) is 19.9. The Balaban J connectivity index is 1.87. The van der Waals surface area contributed by atoms with Gasteiger partial charge in [0.15, 0.2) is 0 Å². The first-order valence-corrected chi connectivity index (χ1v) is 8.90. The van der Waals surface area contributed by atoms with E-state index in [9.17, 15) is 9.59 Å². The molecule has 0 aliphatic rings. The third-order valence-corrected chi connectivity index (χ3v) is 4.23. The molecule has 0 aliphatic carbocycles. The minimum absolute atomic E-state index is 0.147. The third-order valence-electron chi connectivity index (χ3n) is 4.23. The Labute approximate surface area is 163 Å². The highest BCUT2D eigenvalue weighted by atomic mass is 16.5. The molecule has 0 saturated carbocycles. The molecular weight excluding hydrogens is 354 g/mol. The maximum Gasteiger partial charge on any atom is 0.339 e. The van der Waals surface area contributed by atoms with Gasteiger partial charge in [-0.2, -0.15) is 0 Å². The van der Waals surface area contributed by atoms with E-state index >= 15 is 0 Å². The summed E-state index contributed by atoms with van der Waals surface area (Å²) >= 11 is 0. The summed E-state index contributed by atoms with van der Waals surface area (Å²) < 4.78 is 4.82. The first-order valence-electron chi connectivity index (χ1n) is 8.90. The maximum absolute atomic E-state index is 13.0. The van der Waals surface area contributed by atoms with Gasteiger partial charge in [0.2, 0.25) is 0 Å². The average Bonchev–Trinajstić information content (AvgIpc) is 2.75. The fourth-order valence-electron chi connectivity index (χ4n) is 2.87. The molecule has 3 aromatic rings. The largest absolute Gasteiger partial charge is 0.465 e. The normalized spacial score (nSPS) is 10.2. The summed E-state index contributed by atoms with van der Waals surface area (Å²) in [5.41, 5.74) is 2.86. The van der Waals surface area contributed by atoms with Gasteiger partial charge in [-0.15, -0.1) is 0 Å². The molecule has 142 valence electrons.